The number of halogens is 1. The molecule has 1 rings (SSSR count). The third kappa shape index (κ3) is 3.67. The molecule has 80 valence electrons. The van der Waals surface area contributed by atoms with Crippen LogP contribution in [0.1, 0.15) is 10.6 Å². The highest BCUT2D eigenvalue weighted by Crippen LogP contribution is 2.06. The van der Waals surface area contributed by atoms with E-state index < -0.39 is 5.97 Å². The average Bonchev–Trinajstić information content (AvgIpc) is 2.25. The molecule has 15 heavy (non-hydrogen) atoms. The fourth-order valence-electron chi connectivity index (χ4n) is 0.833. The zero-order valence-electron chi connectivity index (χ0n) is 8.16. The first-order chi connectivity index (χ1) is 7.13. The van der Waals surface area contributed by atoms with Crippen LogP contribution in [0.25, 0.3) is 0 Å². The van der Waals surface area contributed by atoms with Gasteiger partial charge >= 0.3 is 5.97 Å². The molecule has 0 bridgehead atoms. The van der Waals surface area contributed by atoms with Gasteiger partial charge in [-0.1, -0.05) is 22.5 Å². The molecule has 0 radical (unpaired) electrons. The van der Waals surface area contributed by atoms with Gasteiger partial charge < -0.3 is 10.1 Å². The second-order valence-electron chi connectivity index (χ2n) is 2.63. The summed E-state index contributed by atoms with van der Waals surface area (Å²) in [5.41, 5.74) is 0. The maximum absolute atomic E-state index is 11.1. The Bertz CT molecular complexity index is 381. The van der Waals surface area contributed by atoms with E-state index in [9.17, 15) is 4.79 Å². The fraction of sp³-hybridized carbons (Fsp3) is 0.222. The van der Waals surface area contributed by atoms with Crippen LogP contribution < -0.4 is 5.32 Å². The second-order valence-corrected chi connectivity index (χ2v) is 3.75. The van der Waals surface area contributed by atoms with Crippen LogP contribution in [-0.4, -0.2) is 29.6 Å². The van der Waals surface area contributed by atoms with E-state index in [-0.39, 0.29) is 5.82 Å². The summed E-state index contributed by atoms with van der Waals surface area (Å²) in [5.74, 6) is 0.0185. The van der Waals surface area contributed by atoms with Crippen LogP contribution >= 0.6 is 15.9 Å². The van der Waals surface area contributed by atoms with Crippen LogP contribution in [0.3, 0.4) is 0 Å². The SMILES string of the molecule is C=C(Br)CNc1ccnc(C(=O)OC)n1. The first-order valence-corrected chi connectivity index (χ1v) is 4.91. The molecule has 0 saturated carbocycles. The van der Waals surface area contributed by atoms with Gasteiger partial charge in [-0.2, -0.15) is 0 Å². The number of anilines is 1. The Morgan fingerprint density at radius 3 is 3.07 bits per heavy atom. The number of aromatic nitrogens is 2. The Morgan fingerprint density at radius 1 is 1.73 bits per heavy atom. The number of hydrogen-bond acceptors (Lipinski definition) is 5. The number of carbonyl (C=O) groups excluding carboxylic acids is 1. The molecule has 0 atom stereocenters. The first kappa shape index (κ1) is 11.6. The Balaban J connectivity index is 2.74. The van der Waals surface area contributed by atoms with Crippen molar-refractivity contribution in [3.8, 4) is 0 Å². The number of nitrogens with zero attached hydrogens (tertiary/aromatic N) is 2. The highest BCUT2D eigenvalue weighted by Gasteiger charge is 2.08. The molecule has 5 nitrogen and oxygen atoms in total. The van der Waals surface area contributed by atoms with Gasteiger partial charge in [0.2, 0.25) is 5.82 Å². The minimum atomic E-state index is -0.559. The standard InChI is InChI=1S/C9H10BrN3O2/c1-6(10)5-12-7-3-4-11-8(13-7)9(14)15-2/h3-4H,1,5H2,2H3,(H,11,12,13). The van der Waals surface area contributed by atoms with E-state index in [1.54, 1.807) is 6.07 Å². The molecule has 0 amide bonds. The lowest BCUT2D eigenvalue weighted by Crippen LogP contribution is -2.10. The Kier molecular flexibility index (Phi) is 4.23. The van der Waals surface area contributed by atoms with Gasteiger partial charge in [0.25, 0.3) is 0 Å². The zero-order valence-corrected chi connectivity index (χ0v) is 9.74. The molecule has 0 unspecified atom stereocenters. The Morgan fingerprint density at radius 2 is 2.47 bits per heavy atom. The number of carbonyl (C=O) groups is 1. The summed E-state index contributed by atoms with van der Waals surface area (Å²) < 4.78 is 5.29. The van der Waals surface area contributed by atoms with Crippen LogP contribution in [0.15, 0.2) is 23.3 Å². The highest BCUT2D eigenvalue weighted by atomic mass is 79.9. The van der Waals surface area contributed by atoms with E-state index in [1.807, 2.05) is 0 Å². The van der Waals surface area contributed by atoms with E-state index in [0.29, 0.717) is 12.4 Å². The zero-order chi connectivity index (χ0) is 11.3. The van der Waals surface area contributed by atoms with Gasteiger partial charge in [-0.15, -0.1) is 0 Å². The molecular weight excluding hydrogens is 262 g/mol. The van der Waals surface area contributed by atoms with Gasteiger partial charge in [-0.05, 0) is 6.07 Å². The number of methoxy groups -OCH3 is 1. The second kappa shape index (κ2) is 5.45. The van der Waals surface area contributed by atoms with Gasteiger partial charge in [0.05, 0.1) is 7.11 Å². The molecule has 1 aromatic heterocycles. The molecule has 0 aliphatic carbocycles. The lowest BCUT2D eigenvalue weighted by molar-refractivity contribution is 0.0587. The monoisotopic (exact) mass is 271 g/mol. The van der Waals surface area contributed by atoms with E-state index >= 15 is 0 Å². The average molecular weight is 272 g/mol. The van der Waals surface area contributed by atoms with Crippen molar-refractivity contribution in [3.05, 3.63) is 29.1 Å². The van der Waals surface area contributed by atoms with Crippen molar-refractivity contribution in [2.24, 2.45) is 0 Å². The summed E-state index contributed by atoms with van der Waals surface area (Å²) in [4.78, 5) is 18.8. The topological polar surface area (TPSA) is 64.1 Å². The van der Waals surface area contributed by atoms with E-state index in [4.69, 9.17) is 0 Å². The predicted molar refractivity (Wildman–Crippen MR) is 59.9 cm³/mol. The van der Waals surface area contributed by atoms with Crippen LogP contribution in [-0.2, 0) is 4.74 Å². The van der Waals surface area contributed by atoms with Crippen molar-refractivity contribution >= 4 is 27.7 Å². The maximum Gasteiger partial charge on any atom is 0.376 e. The van der Waals surface area contributed by atoms with Gasteiger partial charge in [-0.3, -0.25) is 0 Å². The van der Waals surface area contributed by atoms with Crippen LogP contribution in [0.5, 0.6) is 0 Å². The summed E-state index contributed by atoms with van der Waals surface area (Å²) >= 11 is 3.20. The molecule has 1 N–H and O–H groups in total. The molecule has 1 aromatic rings. The van der Waals surface area contributed by atoms with E-state index in [0.717, 1.165) is 4.48 Å². The molecular formula is C9H10BrN3O2. The first-order valence-electron chi connectivity index (χ1n) is 4.12. The van der Waals surface area contributed by atoms with Crippen LogP contribution in [0.2, 0.25) is 0 Å². The van der Waals surface area contributed by atoms with Crippen molar-refractivity contribution in [1.29, 1.82) is 0 Å². The summed E-state index contributed by atoms with van der Waals surface area (Å²) in [7, 11) is 1.28. The third-order valence-electron chi connectivity index (χ3n) is 1.48. The Hall–Kier alpha value is -1.43. The van der Waals surface area contributed by atoms with E-state index in [1.165, 1.54) is 13.3 Å². The van der Waals surface area contributed by atoms with Crippen molar-refractivity contribution < 1.29 is 9.53 Å². The van der Waals surface area contributed by atoms with Crippen molar-refractivity contribution in [2.45, 2.75) is 0 Å². The quantitative estimate of drug-likeness (QED) is 0.843. The molecule has 0 spiro atoms. The summed E-state index contributed by atoms with van der Waals surface area (Å²) in [5, 5.41) is 2.96. The minimum Gasteiger partial charge on any atom is -0.463 e. The Labute approximate surface area is 95.7 Å². The van der Waals surface area contributed by atoms with E-state index in [2.05, 4.69) is 42.5 Å². The normalized spacial score (nSPS) is 9.47. The number of esters is 1. The van der Waals surface area contributed by atoms with Crippen molar-refractivity contribution in [1.82, 2.24) is 9.97 Å². The lowest BCUT2D eigenvalue weighted by Gasteiger charge is -2.04. The van der Waals surface area contributed by atoms with Gasteiger partial charge in [0, 0.05) is 17.2 Å². The van der Waals surface area contributed by atoms with Crippen molar-refractivity contribution in [2.75, 3.05) is 19.0 Å². The molecule has 0 fully saturated rings. The number of rotatable bonds is 4. The summed E-state index contributed by atoms with van der Waals surface area (Å²) in [6.45, 7) is 4.19. The van der Waals surface area contributed by atoms with Crippen LogP contribution in [0.4, 0.5) is 5.82 Å². The molecule has 0 aliphatic heterocycles. The maximum atomic E-state index is 11.1. The number of nitrogens with one attached hydrogen (secondary N) is 1. The van der Waals surface area contributed by atoms with Gasteiger partial charge in [0.1, 0.15) is 5.82 Å². The van der Waals surface area contributed by atoms with Gasteiger partial charge in [-0.25, -0.2) is 14.8 Å². The van der Waals surface area contributed by atoms with Crippen LogP contribution in [0, 0.1) is 0 Å². The number of hydrogen-bond donors (Lipinski definition) is 1. The molecule has 0 saturated heterocycles. The summed E-state index contributed by atoms with van der Waals surface area (Å²) in [6, 6.07) is 1.66. The fourth-order valence-corrected chi connectivity index (χ4v) is 0.973. The minimum absolute atomic E-state index is 0.0303. The molecule has 0 aromatic carbocycles. The number of ether oxygens (including phenoxy) is 1. The predicted octanol–water partition coefficient (Wildman–Crippen LogP) is 1.58. The van der Waals surface area contributed by atoms with Crippen molar-refractivity contribution in [3.63, 3.8) is 0 Å². The molecule has 6 heteroatoms. The lowest BCUT2D eigenvalue weighted by atomic mass is 10.5. The van der Waals surface area contributed by atoms with Gasteiger partial charge in [0.15, 0.2) is 0 Å². The molecule has 0 aliphatic rings. The largest absolute Gasteiger partial charge is 0.463 e. The highest BCUT2D eigenvalue weighted by molar-refractivity contribution is 9.11. The molecule has 1 heterocycles. The smallest absolute Gasteiger partial charge is 0.376 e. The third-order valence-corrected chi connectivity index (χ3v) is 1.77. The summed E-state index contributed by atoms with van der Waals surface area (Å²) in [6.07, 6.45) is 1.48.